The van der Waals surface area contributed by atoms with Gasteiger partial charge in [-0.05, 0) is 38.5 Å². The highest BCUT2D eigenvalue weighted by Gasteiger charge is 2.08. The van der Waals surface area contributed by atoms with Crippen LogP contribution in [0.2, 0.25) is 0 Å². The maximum Gasteiger partial charge on any atom is 0.194 e. The minimum Gasteiger partial charge on any atom is -0.492 e. The van der Waals surface area contributed by atoms with Crippen molar-refractivity contribution in [1.82, 2.24) is 15.2 Å². The highest BCUT2D eigenvalue weighted by molar-refractivity contribution is 7.09. The first-order valence-corrected chi connectivity index (χ1v) is 9.06. The topological polar surface area (TPSA) is 49.8 Å². The molecule has 0 aliphatic carbocycles. The number of hydrogen-bond donors (Lipinski definition) is 1. The van der Waals surface area contributed by atoms with E-state index in [4.69, 9.17) is 4.74 Å². The number of aryl methyl sites for hydroxylation is 2. The minimum absolute atomic E-state index is 0.558. The Kier molecular flexibility index (Phi) is 7.06. The van der Waals surface area contributed by atoms with Crippen molar-refractivity contribution in [2.24, 2.45) is 4.99 Å². The van der Waals surface area contributed by atoms with E-state index in [9.17, 15) is 0 Å². The van der Waals surface area contributed by atoms with E-state index in [1.807, 2.05) is 32.2 Å². The molecule has 1 aromatic heterocycles. The fraction of sp³-hybridized carbons (Fsp3) is 0.444. The number of nitrogens with one attached hydrogen (secondary N) is 1. The molecular weight excluding hydrogens is 320 g/mol. The van der Waals surface area contributed by atoms with Crippen LogP contribution >= 0.6 is 11.3 Å². The molecule has 0 aliphatic rings. The second-order valence-corrected chi connectivity index (χ2v) is 6.68. The average Bonchev–Trinajstić information content (AvgIpc) is 2.95. The number of rotatable bonds is 7. The first-order valence-electron chi connectivity index (χ1n) is 8.18. The summed E-state index contributed by atoms with van der Waals surface area (Å²) < 4.78 is 5.75. The fourth-order valence-corrected chi connectivity index (χ4v) is 2.89. The van der Waals surface area contributed by atoms with Crippen LogP contribution in [0.1, 0.15) is 23.2 Å². The van der Waals surface area contributed by atoms with Crippen molar-refractivity contribution >= 4 is 17.3 Å². The van der Waals surface area contributed by atoms with Crippen LogP contribution in [0.15, 0.2) is 34.6 Å². The van der Waals surface area contributed by atoms with Crippen LogP contribution < -0.4 is 10.1 Å². The van der Waals surface area contributed by atoms with E-state index in [1.165, 1.54) is 5.56 Å². The van der Waals surface area contributed by atoms with Gasteiger partial charge in [-0.15, -0.1) is 11.3 Å². The van der Waals surface area contributed by atoms with Crippen LogP contribution in [0, 0.1) is 13.8 Å². The van der Waals surface area contributed by atoms with Gasteiger partial charge in [-0.1, -0.05) is 12.1 Å². The first-order chi connectivity index (χ1) is 11.6. The number of benzene rings is 1. The lowest BCUT2D eigenvalue weighted by Gasteiger charge is -2.21. The Hall–Kier alpha value is -2.08. The molecule has 1 aromatic carbocycles. The monoisotopic (exact) mass is 346 g/mol. The van der Waals surface area contributed by atoms with Gasteiger partial charge in [0.15, 0.2) is 5.96 Å². The van der Waals surface area contributed by atoms with E-state index in [-0.39, 0.29) is 0 Å². The average molecular weight is 347 g/mol. The molecule has 0 atom stereocenters. The molecule has 6 heteroatoms. The zero-order valence-corrected chi connectivity index (χ0v) is 15.7. The van der Waals surface area contributed by atoms with Gasteiger partial charge in [0.25, 0.3) is 0 Å². The van der Waals surface area contributed by atoms with E-state index in [1.54, 1.807) is 11.3 Å². The standard InChI is InChI=1S/C18H26N4OS/c1-5-19-18(22(4)12-16-13-24-15(3)21-16)20-9-10-23-17-8-6-7-14(2)11-17/h6-8,11,13H,5,9-10,12H2,1-4H3,(H,19,20). The zero-order valence-electron chi connectivity index (χ0n) is 14.9. The number of ether oxygens (including phenoxy) is 1. The number of thiazole rings is 1. The van der Waals surface area contributed by atoms with Crippen molar-refractivity contribution in [3.63, 3.8) is 0 Å². The highest BCUT2D eigenvalue weighted by Crippen LogP contribution is 2.12. The summed E-state index contributed by atoms with van der Waals surface area (Å²) in [5.74, 6) is 1.76. The Bertz CT molecular complexity index is 669. The van der Waals surface area contributed by atoms with Gasteiger partial charge in [-0.2, -0.15) is 0 Å². The van der Waals surface area contributed by atoms with E-state index < -0.39 is 0 Å². The molecule has 0 fully saturated rings. The molecule has 5 nitrogen and oxygen atoms in total. The SMILES string of the molecule is CCNC(=NCCOc1cccc(C)c1)N(C)Cc1csc(C)n1. The fourth-order valence-electron chi connectivity index (χ4n) is 2.29. The zero-order chi connectivity index (χ0) is 17.4. The summed E-state index contributed by atoms with van der Waals surface area (Å²) in [5, 5.41) is 6.50. The molecule has 0 aliphatic heterocycles. The van der Waals surface area contributed by atoms with Crippen molar-refractivity contribution in [2.75, 3.05) is 26.7 Å². The predicted octanol–water partition coefficient (Wildman–Crippen LogP) is 3.24. The van der Waals surface area contributed by atoms with Gasteiger partial charge in [0.05, 0.1) is 23.8 Å². The number of hydrogen-bond acceptors (Lipinski definition) is 4. The Morgan fingerprint density at radius 1 is 1.38 bits per heavy atom. The molecule has 0 spiro atoms. The lowest BCUT2D eigenvalue weighted by Crippen LogP contribution is -2.38. The smallest absolute Gasteiger partial charge is 0.194 e. The molecule has 0 radical (unpaired) electrons. The van der Waals surface area contributed by atoms with Gasteiger partial charge in [-0.25, -0.2) is 9.98 Å². The van der Waals surface area contributed by atoms with Crippen molar-refractivity contribution in [3.05, 3.63) is 45.9 Å². The molecule has 1 heterocycles. The molecular formula is C18H26N4OS. The predicted molar refractivity (Wildman–Crippen MR) is 101 cm³/mol. The highest BCUT2D eigenvalue weighted by atomic mass is 32.1. The second kappa shape index (κ2) is 9.27. The van der Waals surface area contributed by atoms with E-state index in [0.717, 1.165) is 35.5 Å². The van der Waals surface area contributed by atoms with Crippen molar-refractivity contribution in [3.8, 4) is 5.75 Å². The molecule has 0 bridgehead atoms. The summed E-state index contributed by atoms with van der Waals surface area (Å²) >= 11 is 1.67. The molecule has 0 unspecified atom stereocenters. The Morgan fingerprint density at radius 3 is 2.88 bits per heavy atom. The maximum absolute atomic E-state index is 5.75. The normalized spacial score (nSPS) is 11.4. The van der Waals surface area contributed by atoms with Gasteiger partial charge < -0.3 is 15.0 Å². The summed E-state index contributed by atoms with van der Waals surface area (Å²) in [6.45, 7) is 8.89. The van der Waals surface area contributed by atoms with Gasteiger partial charge >= 0.3 is 0 Å². The third-order valence-electron chi connectivity index (χ3n) is 3.37. The number of guanidine groups is 1. The first kappa shape index (κ1) is 18.3. The Morgan fingerprint density at radius 2 is 2.21 bits per heavy atom. The molecule has 130 valence electrons. The minimum atomic E-state index is 0.558. The molecule has 2 rings (SSSR count). The number of aromatic nitrogens is 1. The van der Waals surface area contributed by atoms with Crippen LogP contribution in [0.5, 0.6) is 5.75 Å². The molecule has 0 amide bonds. The number of nitrogens with zero attached hydrogens (tertiary/aromatic N) is 3. The van der Waals surface area contributed by atoms with Crippen LogP contribution in [-0.2, 0) is 6.54 Å². The van der Waals surface area contributed by atoms with Gasteiger partial charge in [0.2, 0.25) is 0 Å². The van der Waals surface area contributed by atoms with Crippen LogP contribution in [0.3, 0.4) is 0 Å². The Labute approximate surface area is 148 Å². The Balaban J connectivity index is 1.87. The summed E-state index contributed by atoms with van der Waals surface area (Å²) in [7, 11) is 2.03. The van der Waals surface area contributed by atoms with Crippen LogP contribution in [0.4, 0.5) is 0 Å². The largest absolute Gasteiger partial charge is 0.492 e. The summed E-state index contributed by atoms with van der Waals surface area (Å²) in [6, 6.07) is 8.06. The van der Waals surface area contributed by atoms with Crippen LogP contribution in [-0.4, -0.2) is 42.6 Å². The van der Waals surface area contributed by atoms with Crippen molar-refractivity contribution in [2.45, 2.75) is 27.3 Å². The van der Waals surface area contributed by atoms with Crippen molar-refractivity contribution in [1.29, 1.82) is 0 Å². The van der Waals surface area contributed by atoms with E-state index in [0.29, 0.717) is 13.2 Å². The van der Waals surface area contributed by atoms with Crippen LogP contribution in [0.25, 0.3) is 0 Å². The third-order valence-corrected chi connectivity index (χ3v) is 4.20. The van der Waals surface area contributed by atoms with Gasteiger partial charge in [0.1, 0.15) is 12.4 Å². The lowest BCUT2D eigenvalue weighted by molar-refractivity contribution is 0.327. The maximum atomic E-state index is 5.75. The quantitative estimate of drug-likeness (QED) is 0.475. The lowest BCUT2D eigenvalue weighted by atomic mass is 10.2. The van der Waals surface area contributed by atoms with E-state index in [2.05, 4.69) is 45.5 Å². The summed E-state index contributed by atoms with van der Waals surface area (Å²) in [5.41, 5.74) is 2.27. The summed E-state index contributed by atoms with van der Waals surface area (Å²) in [6.07, 6.45) is 0. The molecule has 1 N–H and O–H groups in total. The second-order valence-electron chi connectivity index (χ2n) is 5.61. The molecule has 0 saturated carbocycles. The van der Waals surface area contributed by atoms with Crippen molar-refractivity contribution < 1.29 is 4.74 Å². The number of aliphatic imine (C=N–C) groups is 1. The third kappa shape index (κ3) is 5.85. The molecule has 24 heavy (non-hydrogen) atoms. The van der Waals surface area contributed by atoms with Gasteiger partial charge in [-0.3, -0.25) is 0 Å². The van der Waals surface area contributed by atoms with E-state index >= 15 is 0 Å². The molecule has 2 aromatic rings. The summed E-state index contributed by atoms with van der Waals surface area (Å²) in [4.78, 5) is 11.2. The van der Waals surface area contributed by atoms with Gasteiger partial charge in [0, 0.05) is 19.0 Å². The molecule has 0 saturated heterocycles.